The Morgan fingerprint density at radius 3 is 2.67 bits per heavy atom. The van der Waals surface area contributed by atoms with Gasteiger partial charge in [-0.1, -0.05) is 0 Å². The maximum absolute atomic E-state index is 5.58. The van der Waals surface area contributed by atoms with Crippen LogP contribution in [0.25, 0.3) is 0 Å². The van der Waals surface area contributed by atoms with Crippen LogP contribution in [0.1, 0.15) is 31.0 Å². The third-order valence-corrected chi connectivity index (χ3v) is 5.18. The van der Waals surface area contributed by atoms with Crippen LogP contribution in [0.5, 0.6) is 5.75 Å². The SMILES string of the molecule is CNC(c1c(OC)cnn1CCN(C)C)C1CC2CC2C1. The summed E-state index contributed by atoms with van der Waals surface area (Å²) in [7, 11) is 8.01. The molecule has 2 saturated carbocycles. The molecule has 5 nitrogen and oxygen atoms in total. The highest BCUT2D eigenvalue weighted by Gasteiger charge is 2.48. The van der Waals surface area contributed by atoms with Gasteiger partial charge in [-0.05, 0) is 58.2 Å². The van der Waals surface area contributed by atoms with Crippen LogP contribution in [0.3, 0.4) is 0 Å². The van der Waals surface area contributed by atoms with Crippen LogP contribution in [-0.2, 0) is 6.54 Å². The lowest BCUT2D eigenvalue weighted by Crippen LogP contribution is -2.29. The van der Waals surface area contributed by atoms with Gasteiger partial charge in [-0.15, -0.1) is 0 Å². The Kier molecular flexibility index (Phi) is 4.22. The fourth-order valence-corrected chi connectivity index (χ4v) is 3.95. The molecule has 118 valence electrons. The fourth-order valence-electron chi connectivity index (χ4n) is 3.95. The Bertz CT molecular complexity index is 475. The first-order valence-electron chi connectivity index (χ1n) is 8.05. The summed E-state index contributed by atoms with van der Waals surface area (Å²) in [5.74, 6) is 3.64. The van der Waals surface area contributed by atoms with Crippen LogP contribution in [-0.4, -0.2) is 49.5 Å². The van der Waals surface area contributed by atoms with Crippen LogP contribution in [0.4, 0.5) is 0 Å². The van der Waals surface area contributed by atoms with Gasteiger partial charge in [0.15, 0.2) is 5.75 Å². The molecule has 3 atom stereocenters. The molecule has 0 radical (unpaired) electrons. The van der Waals surface area contributed by atoms with Crippen molar-refractivity contribution in [2.45, 2.75) is 31.8 Å². The number of fused-ring (bicyclic) bond motifs is 1. The zero-order valence-electron chi connectivity index (χ0n) is 13.7. The average Bonchev–Trinajstić information content (AvgIpc) is 2.90. The van der Waals surface area contributed by atoms with Crippen LogP contribution < -0.4 is 10.1 Å². The van der Waals surface area contributed by atoms with Crippen molar-refractivity contribution in [1.82, 2.24) is 20.0 Å². The predicted molar refractivity (Wildman–Crippen MR) is 83.5 cm³/mol. The summed E-state index contributed by atoms with van der Waals surface area (Å²) in [6.45, 7) is 1.90. The van der Waals surface area contributed by atoms with Gasteiger partial charge in [0.25, 0.3) is 0 Å². The molecule has 1 aromatic heterocycles. The topological polar surface area (TPSA) is 42.3 Å². The minimum absolute atomic E-state index is 0.359. The van der Waals surface area contributed by atoms with Crippen LogP contribution in [0.15, 0.2) is 6.20 Å². The number of ether oxygens (including phenoxy) is 1. The third-order valence-electron chi connectivity index (χ3n) is 5.18. The van der Waals surface area contributed by atoms with E-state index in [4.69, 9.17) is 4.74 Å². The van der Waals surface area contributed by atoms with Gasteiger partial charge < -0.3 is 15.0 Å². The number of hydrogen-bond donors (Lipinski definition) is 1. The van der Waals surface area contributed by atoms with Crippen molar-refractivity contribution in [1.29, 1.82) is 0 Å². The highest BCUT2D eigenvalue weighted by Crippen LogP contribution is 2.57. The van der Waals surface area contributed by atoms with E-state index in [1.807, 2.05) is 6.20 Å². The number of nitrogens with zero attached hydrogens (tertiary/aromatic N) is 3. The molecule has 0 aliphatic heterocycles. The van der Waals surface area contributed by atoms with Crippen LogP contribution in [0, 0.1) is 17.8 Å². The van der Waals surface area contributed by atoms with E-state index >= 15 is 0 Å². The number of aromatic nitrogens is 2. The molecule has 1 N–H and O–H groups in total. The molecule has 0 bridgehead atoms. The van der Waals surface area contributed by atoms with Crippen molar-refractivity contribution in [3.05, 3.63) is 11.9 Å². The van der Waals surface area contributed by atoms with Crippen molar-refractivity contribution in [2.75, 3.05) is 34.8 Å². The first kappa shape index (κ1) is 14.9. The monoisotopic (exact) mass is 292 g/mol. The van der Waals surface area contributed by atoms with Crippen LogP contribution in [0.2, 0.25) is 0 Å². The van der Waals surface area contributed by atoms with E-state index < -0.39 is 0 Å². The smallest absolute Gasteiger partial charge is 0.161 e. The van der Waals surface area contributed by atoms with Gasteiger partial charge in [-0.25, -0.2) is 0 Å². The predicted octanol–water partition coefficient (Wildman–Crippen LogP) is 1.76. The van der Waals surface area contributed by atoms with Gasteiger partial charge in [-0.3, -0.25) is 4.68 Å². The standard InChI is InChI=1S/C16H28N4O/c1-17-15(13-8-11-7-12(11)9-13)16-14(21-4)10-18-20(16)6-5-19(2)3/h10-13,15,17H,5-9H2,1-4H3. The van der Waals surface area contributed by atoms with Crippen molar-refractivity contribution in [3.63, 3.8) is 0 Å². The second-order valence-electron chi connectivity index (χ2n) is 6.88. The zero-order valence-corrected chi connectivity index (χ0v) is 13.7. The van der Waals surface area contributed by atoms with Crippen molar-refractivity contribution >= 4 is 0 Å². The maximum atomic E-state index is 5.58. The number of hydrogen-bond acceptors (Lipinski definition) is 4. The first-order valence-corrected chi connectivity index (χ1v) is 8.05. The number of rotatable bonds is 7. The van der Waals surface area contributed by atoms with E-state index in [2.05, 4.69) is 41.1 Å². The van der Waals surface area contributed by atoms with Gasteiger partial charge in [0.2, 0.25) is 0 Å². The van der Waals surface area contributed by atoms with E-state index in [0.717, 1.165) is 36.6 Å². The summed E-state index contributed by atoms with van der Waals surface area (Å²) in [4.78, 5) is 2.19. The highest BCUT2D eigenvalue weighted by molar-refractivity contribution is 5.29. The minimum Gasteiger partial charge on any atom is -0.493 e. The molecule has 2 aliphatic rings. The Morgan fingerprint density at radius 1 is 1.38 bits per heavy atom. The molecular weight excluding hydrogens is 264 g/mol. The molecule has 2 fully saturated rings. The van der Waals surface area contributed by atoms with Gasteiger partial charge in [0, 0.05) is 6.54 Å². The second-order valence-corrected chi connectivity index (χ2v) is 6.88. The Labute approximate surface area is 127 Å². The number of nitrogens with one attached hydrogen (secondary N) is 1. The summed E-state index contributed by atoms with van der Waals surface area (Å²) < 4.78 is 7.71. The molecule has 3 unspecified atom stereocenters. The fraction of sp³-hybridized carbons (Fsp3) is 0.812. The summed E-state index contributed by atoms with van der Waals surface area (Å²) in [5.41, 5.74) is 1.23. The van der Waals surface area contributed by atoms with E-state index in [1.165, 1.54) is 25.0 Å². The quantitative estimate of drug-likeness (QED) is 0.831. The lowest BCUT2D eigenvalue weighted by molar-refractivity contribution is 0.310. The number of likely N-dealkylation sites (N-methyl/N-ethyl adjacent to an activating group) is 1. The zero-order chi connectivity index (χ0) is 15.0. The molecule has 0 spiro atoms. The van der Waals surface area contributed by atoms with Gasteiger partial charge in [-0.2, -0.15) is 5.10 Å². The molecule has 0 amide bonds. The average molecular weight is 292 g/mol. The largest absolute Gasteiger partial charge is 0.493 e. The van der Waals surface area contributed by atoms with Crippen molar-refractivity contribution in [2.24, 2.45) is 17.8 Å². The number of methoxy groups -OCH3 is 1. The molecule has 0 saturated heterocycles. The minimum atomic E-state index is 0.359. The first-order chi connectivity index (χ1) is 10.1. The summed E-state index contributed by atoms with van der Waals surface area (Å²) in [5, 5.41) is 8.09. The van der Waals surface area contributed by atoms with Crippen LogP contribution >= 0.6 is 0 Å². The normalized spacial score (nSPS) is 28.7. The molecule has 2 aliphatic carbocycles. The van der Waals surface area contributed by atoms with Gasteiger partial charge in [0.1, 0.15) is 0 Å². The second kappa shape index (κ2) is 5.97. The molecule has 0 aromatic carbocycles. The third kappa shape index (κ3) is 2.94. The van der Waals surface area contributed by atoms with Crippen molar-refractivity contribution in [3.8, 4) is 5.75 Å². The molecule has 3 rings (SSSR count). The Hall–Kier alpha value is -1.07. The highest BCUT2D eigenvalue weighted by atomic mass is 16.5. The maximum Gasteiger partial charge on any atom is 0.161 e. The lowest BCUT2D eigenvalue weighted by Gasteiger charge is -2.26. The van der Waals surface area contributed by atoms with Crippen molar-refractivity contribution < 1.29 is 4.74 Å². The van der Waals surface area contributed by atoms with Gasteiger partial charge >= 0.3 is 0 Å². The molecular formula is C16H28N4O. The molecule has 1 aromatic rings. The summed E-state index contributed by atoms with van der Waals surface area (Å²) in [6, 6.07) is 0.359. The van der Waals surface area contributed by atoms with Gasteiger partial charge in [0.05, 0.1) is 31.6 Å². The molecule has 21 heavy (non-hydrogen) atoms. The van der Waals surface area contributed by atoms with E-state index in [-0.39, 0.29) is 0 Å². The lowest BCUT2D eigenvalue weighted by atomic mass is 9.91. The van der Waals surface area contributed by atoms with E-state index in [0.29, 0.717) is 6.04 Å². The Morgan fingerprint density at radius 2 is 2.10 bits per heavy atom. The van der Waals surface area contributed by atoms with E-state index in [1.54, 1.807) is 7.11 Å². The summed E-state index contributed by atoms with van der Waals surface area (Å²) >= 11 is 0. The molecule has 5 heteroatoms. The van der Waals surface area contributed by atoms with E-state index in [9.17, 15) is 0 Å². The Balaban J connectivity index is 1.81. The summed E-state index contributed by atoms with van der Waals surface area (Å²) in [6.07, 6.45) is 6.05. The molecule has 1 heterocycles.